The first-order valence-corrected chi connectivity index (χ1v) is 11.2. The van der Waals surface area contributed by atoms with Crippen LogP contribution in [-0.4, -0.2) is 48.3 Å². The highest BCUT2D eigenvalue weighted by molar-refractivity contribution is 5.82. The van der Waals surface area contributed by atoms with Gasteiger partial charge in [0.1, 0.15) is 18.4 Å². The van der Waals surface area contributed by atoms with E-state index in [4.69, 9.17) is 4.74 Å². The van der Waals surface area contributed by atoms with Crippen LogP contribution in [0.25, 0.3) is 28.1 Å². The Bertz CT molecular complexity index is 1630. The predicted molar refractivity (Wildman–Crippen MR) is 131 cm³/mol. The average molecular weight is 520 g/mol. The van der Waals surface area contributed by atoms with Gasteiger partial charge < -0.3 is 14.8 Å². The number of carbonyl (C=O) groups is 1. The summed E-state index contributed by atoms with van der Waals surface area (Å²) in [6.07, 6.45) is -2.61. The van der Waals surface area contributed by atoms with Gasteiger partial charge >= 0.3 is 6.18 Å². The molecule has 0 spiro atoms. The van der Waals surface area contributed by atoms with Gasteiger partial charge in [-0.2, -0.15) is 18.3 Å². The molecular formula is C25H19F3N8O2. The molecule has 0 aliphatic carbocycles. The zero-order valence-electron chi connectivity index (χ0n) is 20.1. The highest BCUT2D eigenvalue weighted by Crippen LogP contribution is 2.35. The lowest BCUT2D eigenvalue weighted by Gasteiger charge is -2.14. The zero-order valence-corrected chi connectivity index (χ0v) is 20.1. The minimum absolute atomic E-state index is 0.0383. The Kier molecular flexibility index (Phi) is 6.41. The number of aldehydes is 1. The molecule has 0 bridgehead atoms. The molecule has 0 saturated heterocycles. The third-order valence-corrected chi connectivity index (χ3v) is 5.63. The Morgan fingerprint density at radius 1 is 1.03 bits per heavy atom. The van der Waals surface area contributed by atoms with Crippen molar-refractivity contribution in [2.24, 2.45) is 0 Å². The summed E-state index contributed by atoms with van der Waals surface area (Å²) < 4.78 is 47.0. The summed E-state index contributed by atoms with van der Waals surface area (Å²) in [6, 6.07) is 13.2. The zero-order chi connectivity index (χ0) is 26.9. The fraction of sp³-hybridized carbons (Fsp3) is 0.160. The average Bonchev–Trinajstić information content (AvgIpc) is 3.33. The van der Waals surface area contributed by atoms with Crippen LogP contribution >= 0.6 is 0 Å². The molecule has 0 radical (unpaired) electrons. The third kappa shape index (κ3) is 4.85. The van der Waals surface area contributed by atoms with Gasteiger partial charge in [-0.1, -0.05) is 6.07 Å². The van der Waals surface area contributed by atoms with Gasteiger partial charge in [-0.15, -0.1) is 15.3 Å². The number of halogens is 3. The summed E-state index contributed by atoms with van der Waals surface area (Å²) in [6.45, 7) is 1.84. The molecule has 0 unspecified atom stereocenters. The number of hydrogen-bond acceptors (Lipinski definition) is 9. The van der Waals surface area contributed by atoms with E-state index in [-0.39, 0.29) is 23.6 Å². The maximum absolute atomic E-state index is 13.4. The normalized spacial score (nSPS) is 11.5. The van der Waals surface area contributed by atoms with E-state index in [0.29, 0.717) is 34.5 Å². The lowest BCUT2D eigenvalue weighted by Crippen LogP contribution is -2.11. The topological polar surface area (TPSA) is 121 Å². The summed E-state index contributed by atoms with van der Waals surface area (Å²) in [5, 5.41) is 18.1. The molecule has 13 heteroatoms. The maximum Gasteiger partial charge on any atom is 0.435 e. The molecule has 0 fully saturated rings. The number of hydrogen-bond donors (Lipinski definition) is 1. The first-order chi connectivity index (χ1) is 18.3. The minimum Gasteiger partial charge on any atom is -0.479 e. The second-order valence-corrected chi connectivity index (χ2v) is 8.20. The van der Waals surface area contributed by atoms with Crippen LogP contribution in [-0.2, 0) is 17.4 Å². The van der Waals surface area contributed by atoms with Crippen LogP contribution in [0.5, 0.6) is 5.88 Å². The minimum atomic E-state index is -4.73. The second-order valence-electron chi connectivity index (χ2n) is 8.20. The SMILES string of the molecule is COc1nnc(C(F)(F)F)cc1-c1nc(-n2cnc3cc(Nc4ccc(C)nn4)ccc32)ccc1CC=O. The van der Waals surface area contributed by atoms with Gasteiger partial charge in [0.05, 0.1) is 35.1 Å². The Morgan fingerprint density at radius 3 is 2.58 bits per heavy atom. The molecule has 5 rings (SSSR count). The Morgan fingerprint density at radius 2 is 1.87 bits per heavy atom. The van der Waals surface area contributed by atoms with Crippen molar-refractivity contribution in [3.05, 3.63) is 71.8 Å². The van der Waals surface area contributed by atoms with Crippen molar-refractivity contribution in [1.82, 2.24) is 34.9 Å². The summed E-state index contributed by atoms with van der Waals surface area (Å²) in [7, 11) is 1.27. The lowest BCUT2D eigenvalue weighted by atomic mass is 10.0. The molecule has 1 N–H and O–H groups in total. The quantitative estimate of drug-likeness (QED) is 0.310. The van der Waals surface area contributed by atoms with Gasteiger partial charge in [0.15, 0.2) is 11.5 Å². The van der Waals surface area contributed by atoms with Crippen molar-refractivity contribution < 1.29 is 22.7 Å². The number of pyridine rings is 1. The number of methoxy groups -OCH3 is 1. The standard InChI is InChI=1S/C25H19F3N8O2/c1-14-3-7-21(34-32-14)30-16-5-6-19-18(11-16)29-13-36(19)22-8-4-15(9-10-37)23(31-22)17-12-20(25(26,27)28)33-35-24(17)38-2/h3-8,10-13H,9H2,1-2H3,(H,30,34). The summed E-state index contributed by atoms with van der Waals surface area (Å²) in [4.78, 5) is 20.4. The predicted octanol–water partition coefficient (Wildman–Crippen LogP) is 4.49. The van der Waals surface area contributed by atoms with Crippen LogP contribution in [0.2, 0.25) is 0 Å². The van der Waals surface area contributed by atoms with Gasteiger partial charge in [-0.25, -0.2) is 9.97 Å². The van der Waals surface area contributed by atoms with Crippen molar-refractivity contribution >= 4 is 28.8 Å². The van der Waals surface area contributed by atoms with Crippen molar-refractivity contribution in [1.29, 1.82) is 0 Å². The highest BCUT2D eigenvalue weighted by atomic mass is 19.4. The number of alkyl halides is 3. The van der Waals surface area contributed by atoms with E-state index >= 15 is 0 Å². The number of aryl methyl sites for hydroxylation is 1. The van der Waals surface area contributed by atoms with Crippen LogP contribution in [0.3, 0.4) is 0 Å². The second kappa shape index (κ2) is 9.84. The molecule has 5 aromatic rings. The molecule has 4 aromatic heterocycles. The number of fused-ring (bicyclic) bond motifs is 1. The number of benzene rings is 1. The van der Waals surface area contributed by atoms with E-state index in [2.05, 4.69) is 35.7 Å². The van der Waals surface area contributed by atoms with Crippen LogP contribution < -0.4 is 10.1 Å². The monoisotopic (exact) mass is 520 g/mol. The maximum atomic E-state index is 13.4. The van der Waals surface area contributed by atoms with Gasteiger partial charge in [-0.3, -0.25) is 4.57 Å². The first kappa shape index (κ1) is 24.7. The van der Waals surface area contributed by atoms with E-state index in [9.17, 15) is 18.0 Å². The molecular weight excluding hydrogens is 501 g/mol. The molecule has 4 heterocycles. The number of imidazole rings is 1. The molecule has 1 aromatic carbocycles. The molecule has 0 saturated carbocycles. The highest BCUT2D eigenvalue weighted by Gasteiger charge is 2.34. The summed E-state index contributed by atoms with van der Waals surface area (Å²) in [5.41, 5.74) is 2.14. The smallest absolute Gasteiger partial charge is 0.435 e. The number of ether oxygens (including phenoxy) is 1. The Hall–Kier alpha value is -4.94. The van der Waals surface area contributed by atoms with Gasteiger partial charge in [0.25, 0.3) is 0 Å². The van der Waals surface area contributed by atoms with Crippen LogP contribution in [0.4, 0.5) is 24.7 Å². The van der Waals surface area contributed by atoms with Crippen molar-refractivity contribution in [3.8, 4) is 23.0 Å². The van der Waals surface area contributed by atoms with Gasteiger partial charge in [0, 0.05) is 12.1 Å². The van der Waals surface area contributed by atoms with E-state index in [1.807, 2.05) is 37.3 Å². The summed E-state index contributed by atoms with van der Waals surface area (Å²) >= 11 is 0. The summed E-state index contributed by atoms with van der Waals surface area (Å²) in [5.74, 6) is 0.791. The van der Waals surface area contributed by atoms with Crippen molar-refractivity contribution in [3.63, 3.8) is 0 Å². The third-order valence-electron chi connectivity index (χ3n) is 5.63. The Labute approximate surface area is 213 Å². The van der Waals surface area contributed by atoms with Gasteiger partial charge in [0.2, 0.25) is 5.88 Å². The Balaban J connectivity index is 1.57. The van der Waals surface area contributed by atoms with Crippen molar-refractivity contribution in [2.75, 3.05) is 12.4 Å². The molecule has 0 aliphatic rings. The fourth-order valence-electron chi connectivity index (χ4n) is 3.83. The molecule has 0 atom stereocenters. The first-order valence-electron chi connectivity index (χ1n) is 11.2. The molecule has 0 aliphatic heterocycles. The van der Waals surface area contributed by atoms with Crippen molar-refractivity contribution in [2.45, 2.75) is 19.5 Å². The van der Waals surface area contributed by atoms with E-state index in [1.165, 1.54) is 7.11 Å². The van der Waals surface area contributed by atoms with E-state index < -0.39 is 11.9 Å². The fourth-order valence-corrected chi connectivity index (χ4v) is 3.83. The number of nitrogens with zero attached hydrogens (tertiary/aromatic N) is 7. The lowest BCUT2D eigenvalue weighted by molar-refractivity contribution is -0.141. The number of rotatable bonds is 7. The van der Waals surface area contributed by atoms with E-state index in [1.54, 1.807) is 23.0 Å². The number of nitrogens with one attached hydrogen (secondary N) is 1. The molecule has 0 amide bonds. The number of anilines is 2. The van der Waals surface area contributed by atoms with Gasteiger partial charge in [-0.05, 0) is 55.0 Å². The molecule has 192 valence electrons. The van der Waals surface area contributed by atoms with Crippen LogP contribution in [0.1, 0.15) is 17.0 Å². The molecule has 38 heavy (non-hydrogen) atoms. The number of carbonyl (C=O) groups excluding carboxylic acids is 1. The van der Waals surface area contributed by atoms with Crippen LogP contribution in [0, 0.1) is 6.92 Å². The molecule has 10 nitrogen and oxygen atoms in total. The largest absolute Gasteiger partial charge is 0.479 e. The van der Waals surface area contributed by atoms with E-state index in [0.717, 1.165) is 17.4 Å². The number of aromatic nitrogens is 7. The van der Waals surface area contributed by atoms with Crippen LogP contribution in [0.15, 0.2) is 54.9 Å².